The first-order chi connectivity index (χ1) is 8.89. The molecular weight excluding hydrogens is 263 g/mol. The summed E-state index contributed by atoms with van der Waals surface area (Å²) in [5, 5.41) is 3.75. The first-order valence-corrected chi connectivity index (χ1v) is 6.15. The summed E-state index contributed by atoms with van der Waals surface area (Å²) in [5.74, 6) is 0.382. The molecule has 5 nitrogen and oxygen atoms in total. The van der Waals surface area contributed by atoms with Gasteiger partial charge < -0.3 is 15.0 Å². The Morgan fingerprint density at radius 1 is 1.26 bits per heavy atom. The monoisotopic (exact) mass is 279 g/mol. The summed E-state index contributed by atoms with van der Waals surface area (Å²) in [4.78, 5) is 4.03. The first-order valence-electron chi connectivity index (χ1n) is 6.15. The van der Waals surface area contributed by atoms with Crippen LogP contribution in [0.2, 0.25) is 0 Å². The Bertz CT molecular complexity index is 414. The zero-order valence-electron chi connectivity index (χ0n) is 10.4. The van der Waals surface area contributed by atoms with Gasteiger partial charge in [0.25, 0.3) is 5.89 Å². The second-order valence-corrected chi connectivity index (χ2v) is 4.84. The lowest BCUT2D eigenvalue weighted by Gasteiger charge is -2.29. The molecule has 2 rings (SSSR count). The molecule has 1 saturated carbocycles. The summed E-state index contributed by atoms with van der Waals surface area (Å²) < 4.78 is 45.0. The molecule has 0 unspecified atom stereocenters. The van der Waals surface area contributed by atoms with Crippen LogP contribution in [0.1, 0.15) is 43.8 Å². The van der Waals surface area contributed by atoms with Crippen LogP contribution >= 0.6 is 0 Å². The molecule has 1 heterocycles. The van der Waals surface area contributed by atoms with Gasteiger partial charge in [-0.2, -0.15) is 18.2 Å². The number of halogens is 3. The number of ether oxygens (including phenoxy) is 1. The summed E-state index contributed by atoms with van der Waals surface area (Å²) in [5.41, 5.74) is 5.56. The van der Waals surface area contributed by atoms with E-state index < -0.39 is 18.3 Å². The standard InChI is InChI=1S/C11H16F3N3O2/c12-11(13,14)7-18-6-8-16-9(17-19-8)10(15)4-2-1-3-5-10/h1-7,15H2. The van der Waals surface area contributed by atoms with Gasteiger partial charge in [-0.3, -0.25) is 0 Å². The van der Waals surface area contributed by atoms with Gasteiger partial charge in [0.1, 0.15) is 13.2 Å². The van der Waals surface area contributed by atoms with Crippen LogP contribution in [0.4, 0.5) is 13.2 Å². The lowest BCUT2D eigenvalue weighted by Crippen LogP contribution is -2.39. The minimum Gasteiger partial charge on any atom is -0.362 e. The second-order valence-electron chi connectivity index (χ2n) is 4.84. The van der Waals surface area contributed by atoms with Gasteiger partial charge in [0.2, 0.25) is 0 Å². The predicted molar refractivity (Wildman–Crippen MR) is 59.0 cm³/mol. The summed E-state index contributed by atoms with van der Waals surface area (Å²) in [6, 6.07) is 0. The van der Waals surface area contributed by atoms with Crippen molar-refractivity contribution in [2.45, 2.75) is 50.4 Å². The molecule has 2 N–H and O–H groups in total. The normalized spacial score (nSPS) is 19.6. The lowest BCUT2D eigenvalue weighted by molar-refractivity contribution is -0.178. The minimum atomic E-state index is -4.36. The number of nitrogens with two attached hydrogens (primary N) is 1. The smallest absolute Gasteiger partial charge is 0.362 e. The maximum Gasteiger partial charge on any atom is 0.411 e. The average molecular weight is 279 g/mol. The van der Waals surface area contributed by atoms with Crippen molar-refractivity contribution in [3.05, 3.63) is 11.7 Å². The zero-order valence-corrected chi connectivity index (χ0v) is 10.4. The molecule has 1 aromatic heterocycles. The summed E-state index contributed by atoms with van der Waals surface area (Å²) in [6.45, 7) is -1.69. The maximum absolute atomic E-state index is 11.9. The average Bonchev–Trinajstić information content (AvgIpc) is 2.78. The largest absolute Gasteiger partial charge is 0.411 e. The van der Waals surface area contributed by atoms with E-state index in [4.69, 9.17) is 10.3 Å². The van der Waals surface area contributed by atoms with Crippen molar-refractivity contribution >= 4 is 0 Å². The van der Waals surface area contributed by atoms with E-state index in [9.17, 15) is 13.2 Å². The Hall–Kier alpha value is -1.15. The van der Waals surface area contributed by atoms with Gasteiger partial charge >= 0.3 is 6.18 Å². The lowest BCUT2D eigenvalue weighted by atomic mass is 9.82. The van der Waals surface area contributed by atoms with Crippen LogP contribution in [0, 0.1) is 0 Å². The Balaban J connectivity index is 1.91. The molecule has 1 fully saturated rings. The fourth-order valence-corrected chi connectivity index (χ4v) is 2.18. The number of aromatic nitrogens is 2. The molecule has 108 valence electrons. The van der Waals surface area contributed by atoms with E-state index in [1.54, 1.807) is 0 Å². The van der Waals surface area contributed by atoms with Crippen LogP contribution in [0.3, 0.4) is 0 Å². The van der Waals surface area contributed by atoms with Crippen molar-refractivity contribution in [2.75, 3.05) is 6.61 Å². The topological polar surface area (TPSA) is 74.2 Å². The van der Waals surface area contributed by atoms with Gasteiger partial charge in [-0.15, -0.1) is 0 Å². The van der Waals surface area contributed by atoms with E-state index in [2.05, 4.69) is 14.9 Å². The van der Waals surface area contributed by atoms with Gasteiger partial charge in [0, 0.05) is 0 Å². The fraction of sp³-hybridized carbons (Fsp3) is 0.818. The van der Waals surface area contributed by atoms with Gasteiger partial charge in [-0.25, -0.2) is 0 Å². The van der Waals surface area contributed by atoms with Crippen LogP contribution in [0.15, 0.2) is 4.52 Å². The number of rotatable bonds is 4. The molecule has 1 aromatic rings. The molecule has 8 heteroatoms. The molecule has 0 saturated heterocycles. The molecule has 1 aliphatic carbocycles. The molecule has 0 amide bonds. The third-order valence-electron chi connectivity index (χ3n) is 3.15. The van der Waals surface area contributed by atoms with Crippen molar-refractivity contribution in [1.82, 2.24) is 10.1 Å². The van der Waals surface area contributed by atoms with E-state index in [0.29, 0.717) is 5.82 Å². The summed E-state index contributed by atoms with van der Waals surface area (Å²) in [6.07, 6.45) is 0.264. The van der Waals surface area contributed by atoms with E-state index in [0.717, 1.165) is 32.1 Å². The SMILES string of the molecule is NC1(c2noc(COCC(F)(F)F)n2)CCCCC1. The summed E-state index contributed by atoms with van der Waals surface area (Å²) in [7, 11) is 0. The zero-order chi connectivity index (χ0) is 13.9. The predicted octanol–water partition coefficient (Wildman–Crippen LogP) is 2.27. The highest BCUT2D eigenvalue weighted by Crippen LogP contribution is 2.33. The number of nitrogens with zero attached hydrogens (tertiary/aromatic N) is 2. The maximum atomic E-state index is 11.9. The van der Waals surface area contributed by atoms with E-state index in [1.807, 2.05) is 0 Å². The Labute approximate surface area is 108 Å². The quantitative estimate of drug-likeness (QED) is 0.915. The van der Waals surface area contributed by atoms with Crippen molar-refractivity contribution in [3.8, 4) is 0 Å². The number of hydrogen-bond donors (Lipinski definition) is 1. The van der Waals surface area contributed by atoms with Crippen molar-refractivity contribution in [3.63, 3.8) is 0 Å². The van der Waals surface area contributed by atoms with Gasteiger partial charge in [-0.1, -0.05) is 24.4 Å². The Morgan fingerprint density at radius 3 is 2.58 bits per heavy atom. The highest BCUT2D eigenvalue weighted by molar-refractivity contribution is 5.05. The highest BCUT2D eigenvalue weighted by atomic mass is 19.4. The molecular formula is C11H16F3N3O2. The summed E-state index contributed by atoms with van der Waals surface area (Å²) >= 11 is 0. The van der Waals surface area contributed by atoms with Crippen LogP contribution in [-0.2, 0) is 16.9 Å². The molecule has 0 aromatic carbocycles. The van der Waals surface area contributed by atoms with Crippen LogP contribution in [0.25, 0.3) is 0 Å². The van der Waals surface area contributed by atoms with Gasteiger partial charge in [0.15, 0.2) is 5.82 Å². The third kappa shape index (κ3) is 3.90. The molecule has 19 heavy (non-hydrogen) atoms. The molecule has 0 aliphatic heterocycles. The van der Waals surface area contributed by atoms with E-state index >= 15 is 0 Å². The molecule has 0 radical (unpaired) electrons. The minimum absolute atomic E-state index is 0.0228. The number of hydrogen-bond acceptors (Lipinski definition) is 5. The van der Waals surface area contributed by atoms with Gasteiger partial charge in [0.05, 0.1) is 5.54 Å². The van der Waals surface area contributed by atoms with Crippen LogP contribution in [-0.4, -0.2) is 22.9 Å². The Kier molecular flexibility index (Phi) is 4.10. The van der Waals surface area contributed by atoms with Crippen LogP contribution in [0.5, 0.6) is 0 Å². The first kappa shape index (κ1) is 14.3. The van der Waals surface area contributed by atoms with E-state index in [1.165, 1.54) is 0 Å². The molecule has 0 bridgehead atoms. The van der Waals surface area contributed by atoms with E-state index in [-0.39, 0.29) is 12.5 Å². The number of alkyl halides is 3. The molecule has 1 aliphatic rings. The second kappa shape index (κ2) is 5.46. The van der Waals surface area contributed by atoms with Crippen molar-refractivity contribution < 1.29 is 22.4 Å². The fourth-order valence-electron chi connectivity index (χ4n) is 2.18. The van der Waals surface area contributed by atoms with Crippen molar-refractivity contribution in [2.24, 2.45) is 5.73 Å². The molecule has 0 atom stereocenters. The van der Waals surface area contributed by atoms with Crippen molar-refractivity contribution in [1.29, 1.82) is 0 Å². The van der Waals surface area contributed by atoms with Crippen LogP contribution < -0.4 is 5.73 Å². The Morgan fingerprint density at radius 2 is 1.95 bits per heavy atom. The van der Waals surface area contributed by atoms with Gasteiger partial charge in [-0.05, 0) is 12.8 Å². The highest BCUT2D eigenvalue weighted by Gasteiger charge is 2.34. The molecule has 0 spiro atoms. The third-order valence-corrected chi connectivity index (χ3v) is 3.15.